The lowest BCUT2D eigenvalue weighted by Gasteiger charge is -2.36. The van der Waals surface area contributed by atoms with Crippen molar-refractivity contribution in [1.29, 1.82) is 0 Å². The summed E-state index contributed by atoms with van der Waals surface area (Å²) in [4.78, 5) is 16.6. The van der Waals surface area contributed by atoms with Crippen LogP contribution < -0.4 is 9.64 Å². The minimum Gasteiger partial charge on any atom is -0.483 e. The summed E-state index contributed by atoms with van der Waals surface area (Å²) in [5.41, 5.74) is 2.04. The van der Waals surface area contributed by atoms with E-state index < -0.39 is 0 Å². The molecule has 1 saturated heterocycles. The molecule has 1 fully saturated rings. The van der Waals surface area contributed by atoms with E-state index in [2.05, 4.69) is 25.7 Å². The van der Waals surface area contributed by atoms with Gasteiger partial charge >= 0.3 is 0 Å². The third-order valence-electron chi connectivity index (χ3n) is 4.87. The number of ether oxygens (including phenoxy) is 1. The van der Waals surface area contributed by atoms with Crippen LogP contribution >= 0.6 is 0 Å². The second-order valence-corrected chi connectivity index (χ2v) is 7.88. The van der Waals surface area contributed by atoms with E-state index in [1.54, 1.807) is 12.1 Å². The van der Waals surface area contributed by atoms with E-state index in [4.69, 9.17) is 4.74 Å². The summed E-state index contributed by atoms with van der Waals surface area (Å²) in [5, 5.41) is 0. The van der Waals surface area contributed by atoms with E-state index in [1.165, 1.54) is 12.1 Å². The standard InChI is InChI=1S/C22H27FN2O2/c1-22(2,3)19-6-4-5-7-20(19)27-16-21(26)25-14-12-24(13-15-25)18-10-8-17(23)9-11-18/h4-11H,12-16H2,1-3H3. The zero-order chi connectivity index (χ0) is 19.4. The normalized spacial score (nSPS) is 15.0. The minimum atomic E-state index is -0.236. The number of hydrogen-bond donors (Lipinski definition) is 0. The fourth-order valence-electron chi connectivity index (χ4n) is 3.31. The number of benzene rings is 2. The molecule has 0 atom stereocenters. The highest BCUT2D eigenvalue weighted by Crippen LogP contribution is 2.31. The minimum absolute atomic E-state index is 0.00234. The topological polar surface area (TPSA) is 32.8 Å². The van der Waals surface area contributed by atoms with Gasteiger partial charge in [-0.15, -0.1) is 0 Å². The SMILES string of the molecule is CC(C)(C)c1ccccc1OCC(=O)N1CCN(c2ccc(F)cc2)CC1. The molecule has 0 spiro atoms. The number of hydrogen-bond acceptors (Lipinski definition) is 3. The molecule has 0 unspecified atom stereocenters. The number of amides is 1. The fraction of sp³-hybridized carbons (Fsp3) is 0.409. The molecule has 3 rings (SSSR count). The molecule has 144 valence electrons. The smallest absolute Gasteiger partial charge is 0.260 e. The summed E-state index contributed by atoms with van der Waals surface area (Å²) in [5.74, 6) is 0.529. The number of anilines is 1. The maximum atomic E-state index is 13.1. The first kappa shape index (κ1) is 19.2. The van der Waals surface area contributed by atoms with Gasteiger partial charge in [0.1, 0.15) is 11.6 Å². The van der Waals surface area contributed by atoms with Gasteiger partial charge in [-0.05, 0) is 41.3 Å². The highest BCUT2D eigenvalue weighted by molar-refractivity contribution is 5.78. The maximum absolute atomic E-state index is 13.1. The molecule has 2 aromatic carbocycles. The van der Waals surface area contributed by atoms with E-state index in [-0.39, 0.29) is 23.7 Å². The number of rotatable bonds is 4. The van der Waals surface area contributed by atoms with Crippen molar-refractivity contribution in [3.8, 4) is 5.75 Å². The Labute approximate surface area is 160 Å². The second kappa shape index (κ2) is 7.99. The average molecular weight is 370 g/mol. The molecule has 27 heavy (non-hydrogen) atoms. The van der Waals surface area contributed by atoms with E-state index in [0.29, 0.717) is 13.1 Å². The van der Waals surface area contributed by atoms with Crippen molar-refractivity contribution in [3.63, 3.8) is 0 Å². The van der Waals surface area contributed by atoms with Gasteiger partial charge in [0.15, 0.2) is 6.61 Å². The predicted octanol–water partition coefficient (Wildman–Crippen LogP) is 3.85. The van der Waals surface area contributed by atoms with Gasteiger partial charge in [0.05, 0.1) is 0 Å². The number of para-hydroxylation sites is 1. The summed E-state index contributed by atoms with van der Waals surface area (Å²) >= 11 is 0. The molecule has 0 aromatic heterocycles. The Morgan fingerprint density at radius 3 is 2.26 bits per heavy atom. The first-order valence-electron chi connectivity index (χ1n) is 9.35. The molecule has 2 aromatic rings. The summed E-state index contributed by atoms with van der Waals surface area (Å²) in [7, 11) is 0. The van der Waals surface area contributed by atoms with Gasteiger partial charge in [-0.1, -0.05) is 39.0 Å². The fourth-order valence-corrected chi connectivity index (χ4v) is 3.31. The number of halogens is 1. The van der Waals surface area contributed by atoms with Gasteiger partial charge in [-0.25, -0.2) is 4.39 Å². The van der Waals surface area contributed by atoms with Gasteiger partial charge in [0.25, 0.3) is 5.91 Å². The molecule has 1 aliphatic heterocycles. The van der Waals surface area contributed by atoms with E-state index in [1.807, 2.05) is 29.2 Å². The van der Waals surface area contributed by atoms with Crippen LogP contribution in [0.15, 0.2) is 48.5 Å². The molecule has 1 heterocycles. The van der Waals surface area contributed by atoms with Gasteiger partial charge in [0, 0.05) is 31.9 Å². The van der Waals surface area contributed by atoms with Crippen LogP contribution in [0.25, 0.3) is 0 Å². The Bertz CT molecular complexity index is 776. The van der Waals surface area contributed by atoms with Crippen LogP contribution in [-0.2, 0) is 10.2 Å². The number of carbonyl (C=O) groups excluding carboxylic acids is 1. The van der Waals surface area contributed by atoms with Crippen molar-refractivity contribution in [2.45, 2.75) is 26.2 Å². The quantitative estimate of drug-likeness (QED) is 0.820. The number of nitrogens with zero attached hydrogens (tertiary/aromatic N) is 2. The molecule has 5 heteroatoms. The third kappa shape index (κ3) is 4.79. The Morgan fingerprint density at radius 1 is 1.00 bits per heavy atom. The lowest BCUT2D eigenvalue weighted by atomic mass is 9.86. The van der Waals surface area contributed by atoms with Crippen LogP contribution in [0.5, 0.6) is 5.75 Å². The van der Waals surface area contributed by atoms with Crippen LogP contribution in [0, 0.1) is 5.82 Å². The molecule has 4 nitrogen and oxygen atoms in total. The number of carbonyl (C=O) groups is 1. The lowest BCUT2D eigenvalue weighted by molar-refractivity contribution is -0.133. The highest BCUT2D eigenvalue weighted by atomic mass is 19.1. The highest BCUT2D eigenvalue weighted by Gasteiger charge is 2.23. The molecule has 0 saturated carbocycles. The summed E-state index contributed by atoms with van der Waals surface area (Å²) in [6.45, 7) is 9.18. The van der Waals surface area contributed by atoms with Gasteiger partial charge in [-0.3, -0.25) is 4.79 Å². The molecular formula is C22H27FN2O2. The second-order valence-electron chi connectivity index (χ2n) is 7.88. The van der Waals surface area contributed by atoms with Crippen molar-refractivity contribution < 1.29 is 13.9 Å². The van der Waals surface area contributed by atoms with Crippen molar-refractivity contribution in [2.75, 3.05) is 37.7 Å². The molecule has 0 aliphatic carbocycles. The van der Waals surface area contributed by atoms with Crippen LogP contribution in [0.3, 0.4) is 0 Å². The predicted molar refractivity (Wildman–Crippen MR) is 106 cm³/mol. The average Bonchev–Trinajstić information content (AvgIpc) is 2.66. The van der Waals surface area contributed by atoms with Crippen LogP contribution in [0.2, 0.25) is 0 Å². The largest absolute Gasteiger partial charge is 0.483 e. The Balaban J connectivity index is 1.54. The first-order chi connectivity index (χ1) is 12.8. The molecular weight excluding hydrogens is 343 g/mol. The Hall–Kier alpha value is -2.56. The monoisotopic (exact) mass is 370 g/mol. The molecule has 0 radical (unpaired) electrons. The van der Waals surface area contributed by atoms with Crippen molar-refractivity contribution in [3.05, 3.63) is 59.9 Å². The molecule has 1 aliphatic rings. The summed E-state index contributed by atoms with van der Waals surface area (Å²) < 4.78 is 18.9. The van der Waals surface area contributed by atoms with Crippen LogP contribution in [-0.4, -0.2) is 43.6 Å². The zero-order valence-corrected chi connectivity index (χ0v) is 16.2. The first-order valence-corrected chi connectivity index (χ1v) is 9.35. The van der Waals surface area contributed by atoms with Gasteiger partial charge < -0.3 is 14.5 Å². The van der Waals surface area contributed by atoms with E-state index in [9.17, 15) is 9.18 Å². The van der Waals surface area contributed by atoms with E-state index >= 15 is 0 Å². The number of piperazine rings is 1. The Morgan fingerprint density at radius 2 is 1.63 bits per heavy atom. The molecule has 0 N–H and O–H groups in total. The summed E-state index contributed by atoms with van der Waals surface area (Å²) in [6.07, 6.45) is 0. The van der Waals surface area contributed by atoms with Crippen molar-refractivity contribution in [2.24, 2.45) is 0 Å². The molecule has 1 amide bonds. The zero-order valence-electron chi connectivity index (χ0n) is 16.2. The lowest BCUT2D eigenvalue weighted by Crippen LogP contribution is -2.50. The van der Waals surface area contributed by atoms with Crippen molar-refractivity contribution in [1.82, 2.24) is 4.90 Å². The van der Waals surface area contributed by atoms with Crippen molar-refractivity contribution >= 4 is 11.6 Å². The van der Waals surface area contributed by atoms with Crippen LogP contribution in [0.1, 0.15) is 26.3 Å². The van der Waals surface area contributed by atoms with Gasteiger partial charge in [0.2, 0.25) is 0 Å². The third-order valence-corrected chi connectivity index (χ3v) is 4.87. The van der Waals surface area contributed by atoms with E-state index in [0.717, 1.165) is 30.1 Å². The Kier molecular flexibility index (Phi) is 5.68. The van der Waals surface area contributed by atoms with Crippen LogP contribution in [0.4, 0.5) is 10.1 Å². The summed E-state index contributed by atoms with van der Waals surface area (Å²) in [6, 6.07) is 14.4. The van der Waals surface area contributed by atoms with Gasteiger partial charge in [-0.2, -0.15) is 0 Å². The molecule has 0 bridgehead atoms. The maximum Gasteiger partial charge on any atom is 0.260 e.